The summed E-state index contributed by atoms with van der Waals surface area (Å²) in [7, 11) is -3.74. The summed E-state index contributed by atoms with van der Waals surface area (Å²) >= 11 is 4.84. The molecule has 0 heterocycles. The van der Waals surface area contributed by atoms with Gasteiger partial charge < -0.3 is 10.6 Å². The summed E-state index contributed by atoms with van der Waals surface area (Å²) in [6, 6.07) is 5.44. The minimum absolute atomic E-state index is 0.0235. The van der Waals surface area contributed by atoms with Gasteiger partial charge in [-0.3, -0.25) is 4.79 Å². The molecule has 0 saturated heterocycles. The van der Waals surface area contributed by atoms with Crippen LogP contribution < -0.4 is 15.8 Å². The van der Waals surface area contributed by atoms with Crippen molar-refractivity contribution in [2.45, 2.75) is 4.90 Å². The van der Waals surface area contributed by atoms with E-state index in [-0.39, 0.29) is 9.88 Å². The molecule has 1 amide bonds. The molecule has 0 saturated carbocycles. The molecule has 6 nitrogen and oxygen atoms in total. The number of anilines is 1. The number of hydrogen-bond acceptors (Lipinski definition) is 4. The number of hydrogen-bond donors (Lipinski definition) is 3. The van der Waals surface area contributed by atoms with E-state index in [1.165, 1.54) is 24.3 Å². The molecule has 1 aromatic carbocycles. The highest BCUT2D eigenvalue weighted by molar-refractivity contribution is 7.89. The summed E-state index contributed by atoms with van der Waals surface area (Å²) < 4.78 is 22.1. The second kappa shape index (κ2) is 6.41. The number of carbonyl (C=O) groups is 1. The molecular weight excluding hydrogens is 286 g/mol. The number of sulfonamides is 1. The fourth-order valence-electron chi connectivity index (χ4n) is 1.16. The SMILES string of the molecule is C=CCNC(=S)C(=O)Nc1ccc(S(N)(=O)=O)cc1. The Balaban J connectivity index is 2.71. The standard InChI is InChI=1S/C11H13N3O3S2/c1-2-7-13-11(18)10(15)14-8-3-5-9(6-4-8)19(12,16)17/h2-6H,1,7H2,(H,13,18)(H,14,15)(H2,12,16,17). The third-order valence-corrected chi connectivity index (χ3v) is 3.31. The van der Waals surface area contributed by atoms with Crippen LogP contribution in [0.25, 0.3) is 0 Å². The van der Waals surface area contributed by atoms with E-state index in [4.69, 9.17) is 17.4 Å². The van der Waals surface area contributed by atoms with Crippen LogP contribution in [0.15, 0.2) is 41.8 Å². The first-order valence-corrected chi connectivity index (χ1v) is 7.13. The van der Waals surface area contributed by atoms with Gasteiger partial charge in [0.05, 0.1) is 4.90 Å². The second-order valence-corrected chi connectivity index (χ2v) is 5.49. The van der Waals surface area contributed by atoms with Crippen molar-refractivity contribution in [3.8, 4) is 0 Å². The van der Waals surface area contributed by atoms with E-state index >= 15 is 0 Å². The number of carbonyl (C=O) groups excluding carboxylic acids is 1. The zero-order valence-corrected chi connectivity index (χ0v) is 11.6. The number of primary sulfonamides is 1. The van der Waals surface area contributed by atoms with Crippen molar-refractivity contribution >= 4 is 38.8 Å². The first-order valence-electron chi connectivity index (χ1n) is 5.17. The van der Waals surface area contributed by atoms with Gasteiger partial charge in [0.2, 0.25) is 10.0 Å². The molecule has 0 aromatic heterocycles. The fraction of sp³-hybridized carbons (Fsp3) is 0.0909. The van der Waals surface area contributed by atoms with Gasteiger partial charge >= 0.3 is 0 Å². The molecule has 0 aliphatic heterocycles. The van der Waals surface area contributed by atoms with Gasteiger partial charge in [0.15, 0.2) is 4.99 Å². The monoisotopic (exact) mass is 299 g/mol. The van der Waals surface area contributed by atoms with E-state index in [2.05, 4.69) is 17.2 Å². The lowest BCUT2D eigenvalue weighted by atomic mass is 10.3. The second-order valence-electron chi connectivity index (χ2n) is 3.52. The smallest absolute Gasteiger partial charge is 0.283 e. The van der Waals surface area contributed by atoms with Crippen molar-refractivity contribution in [1.29, 1.82) is 0 Å². The topological polar surface area (TPSA) is 101 Å². The van der Waals surface area contributed by atoms with Crippen molar-refractivity contribution in [2.24, 2.45) is 5.14 Å². The number of nitrogens with two attached hydrogens (primary N) is 1. The molecule has 0 aliphatic rings. The maximum absolute atomic E-state index is 11.6. The van der Waals surface area contributed by atoms with Crippen LogP contribution in [0.4, 0.5) is 5.69 Å². The van der Waals surface area contributed by atoms with E-state index in [0.29, 0.717) is 12.2 Å². The third kappa shape index (κ3) is 4.78. The highest BCUT2D eigenvalue weighted by Crippen LogP contribution is 2.12. The summed E-state index contributed by atoms with van der Waals surface area (Å²) in [5.74, 6) is -0.486. The Hall–Kier alpha value is -1.77. The summed E-state index contributed by atoms with van der Waals surface area (Å²) in [4.78, 5) is 11.6. The van der Waals surface area contributed by atoms with E-state index in [9.17, 15) is 13.2 Å². The lowest BCUT2D eigenvalue weighted by Gasteiger charge is -2.07. The third-order valence-electron chi connectivity index (χ3n) is 2.05. The highest BCUT2D eigenvalue weighted by Gasteiger charge is 2.10. The van der Waals surface area contributed by atoms with Crippen LogP contribution in [0.3, 0.4) is 0 Å². The fourth-order valence-corrected chi connectivity index (χ4v) is 1.81. The Morgan fingerprint density at radius 1 is 1.37 bits per heavy atom. The van der Waals surface area contributed by atoms with Gasteiger partial charge in [-0.2, -0.15) is 0 Å². The Bertz CT molecular complexity index is 594. The molecule has 0 unspecified atom stereocenters. The summed E-state index contributed by atoms with van der Waals surface area (Å²) in [5, 5.41) is 10.1. The van der Waals surface area contributed by atoms with Gasteiger partial charge in [-0.1, -0.05) is 18.3 Å². The Kier molecular flexibility index (Phi) is 5.16. The molecule has 19 heavy (non-hydrogen) atoms. The minimum Gasteiger partial charge on any atom is -0.368 e. The number of benzene rings is 1. The number of amides is 1. The van der Waals surface area contributed by atoms with Crippen molar-refractivity contribution in [3.63, 3.8) is 0 Å². The van der Waals surface area contributed by atoms with Crippen molar-refractivity contribution < 1.29 is 13.2 Å². The minimum atomic E-state index is -3.74. The summed E-state index contributed by atoms with van der Waals surface area (Å²) in [6.07, 6.45) is 1.57. The maximum atomic E-state index is 11.6. The number of nitrogens with one attached hydrogen (secondary N) is 2. The van der Waals surface area contributed by atoms with Gasteiger partial charge in [-0.15, -0.1) is 6.58 Å². The molecule has 0 fully saturated rings. The van der Waals surface area contributed by atoms with Crippen LogP contribution in [-0.4, -0.2) is 25.9 Å². The van der Waals surface area contributed by atoms with E-state index in [1.54, 1.807) is 6.08 Å². The molecule has 4 N–H and O–H groups in total. The van der Waals surface area contributed by atoms with Crippen LogP contribution in [0.2, 0.25) is 0 Å². The van der Waals surface area contributed by atoms with E-state index in [1.807, 2.05) is 0 Å². The van der Waals surface area contributed by atoms with Crippen molar-refractivity contribution in [2.75, 3.05) is 11.9 Å². The first kappa shape index (κ1) is 15.3. The van der Waals surface area contributed by atoms with Gasteiger partial charge in [0, 0.05) is 12.2 Å². The van der Waals surface area contributed by atoms with Crippen molar-refractivity contribution in [3.05, 3.63) is 36.9 Å². The molecule has 0 bridgehead atoms. The molecule has 8 heteroatoms. The lowest BCUT2D eigenvalue weighted by molar-refractivity contribution is -0.110. The summed E-state index contributed by atoms with van der Waals surface area (Å²) in [5.41, 5.74) is 0.417. The molecule has 102 valence electrons. The van der Waals surface area contributed by atoms with E-state index < -0.39 is 15.9 Å². The van der Waals surface area contributed by atoms with Crippen LogP contribution in [-0.2, 0) is 14.8 Å². The maximum Gasteiger partial charge on any atom is 0.283 e. The van der Waals surface area contributed by atoms with Crippen LogP contribution in [0.5, 0.6) is 0 Å². The number of rotatable bonds is 4. The zero-order valence-electron chi connectivity index (χ0n) is 9.92. The molecule has 1 rings (SSSR count). The van der Waals surface area contributed by atoms with E-state index in [0.717, 1.165) is 0 Å². The molecule has 0 spiro atoms. The van der Waals surface area contributed by atoms with Crippen LogP contribution in [0.1, 0.15) is 0 Å². The average molecular weight is 299 g/mol. The molecule has 0 radical (unpaired) electrons. The molecule has 0 atom stereocenters. The Morgan fingerprint density at radius 2 is 1.95 bits per heavy atom. The molecule has 0 aliphatic carbocycles. The largest absolute Gasteiger partial charge is 0.368 e. The zero-order chi connectivity index (χ0) is 14.5. The Labute approximate surface area is 116 Å². The van der Waals surface area contributed by atoms with Gasteiger partial charge in [-0.25, -0.2) is 13.6 Å². The predicted molar refractivity (Wildman–Crippen MR) is 77.2 cm³/mol. The Morgan fingerprint density at radius 3 is 2.42 bits per heavy atom. The first-order chi connectivity index (χ1) is 8.84. The summed E-state index contributed by atoms with van der Waals surface area (Å²) in [6.45, 7) is 3.87. The molecular formula is C11H13N3O3S2. The van der Waals surface area contributed by atoms with Crippen molar-refractivity contribution in [1.82, 2.24) is 5.32 Å². The van der Waals surface area contributed by atoms with Gasteiger partial charge in [-0.05, 0) is 24.3 Å². The predicted octanol–water partition coefficient (Wildman–Crippen LogP) is 0.376. The number of thiocarbonyl (C=S) groups is 1. The van der Waals surface area contributed by atoms with Gasteiger partial charge in [0.25, 0.3) is 5.91 Å². The normalized spacial score (nSPS) is 10.6. The van der Waals surface area contributed by atoms with Crippen LogP contribution in [0, 0.1) is 0 Å². The average Bonchev–Trinajstić information content (AvgIpc) is 2.35. The van der Waals surface area contributed by atoms with Gasteiger partial charge in [0.1, 0.15) is 0 Å². The highest BCUT2D eigenvalue weighted by atomic mass is 32.2. The lowest BCUT2D eigenvalue weighted by Crippen LogP contribution is -2.33. The quantitative estimate of drug-likeness (QED) is 0.551. The molecule has 1 aromatic rings. The van der Waals surface area contributed by atoms with Crippen LogP contribution >= 0.6 is 12.2 Å².